The molecule has 5 N–H and O–H groups in total. The molecule has 1 aromatic heterocycles. The Kier molecular flexibility index (Phi) is 4.62. The molecule has 1 heterocycles. The van der Waals surface area contributed by atoms with Gasteiger partial charge in [-0.05, 0) is 42.1 Å². The van der Waals surface area contributed by atoms with E-state index in [0.717, 1.165) is 17.8 Å². The smallest absolute Gasteiger partial charge is 0.257 e. The quantitative estimate of drug-likeness (QED) is 0.623. The van der Waals surface area contributed by atoms with Crippen molar-refractivity contribution in [1.82, 2.24) is 9.55 Å². The van der Waals surface area contributed by atoms with E-state index in [4.69, 9.17) is 11.5 Å². The highest BCUT2D eigenvalue weighted by Crippen LogP contribution is 2.31. The van der Waals surface area contributed by atoms with Crippen LogP contribution in [0.5, 0.6) is 0 Å². The van der Waals surface area contributed by atoms with Crippen molar-refractivity contribution in [2.75, 3.05) is 16.8 Å². The molecule has 0 saturated heterocycles. The Hall–Kier alpha value is -3.00. The molecule has 3 rings (SSSR count). The SMILES string of the molecule is Cn1ccnc1Sc1cc(C(=O)Nc2cccc(N)c2)c(N)cc1F. The fraction of sp³-hybridized carbons (Fsp3) is 0.0588. The van der Waals surface area contributed by atoms with Gasteiger partial charge in [0, 0.05) is 36.5 Å². The fourth-order valence-electron chi connectivity index (χ4n) is 2.21. The number of aryl methyl sites for hydroxylation is 1. The molecule has 6 nitrogen and oxygen atoms in total. The maximum Gasteiger partial charge on any atom is 0.257 e. The third kappa shape index (κ3) is 3.74. The Bertz CT molecular complexity index is 941. The van der Waals surface area contributed by atoms with Crippen molar-refractivity contribution in [2.24, 2.45) is 7.05 Å². The van der Waals surface area contributed by atoms with Gasteiger partial charge >= 0.3 is 0 Å². The van der Waals surface area contributed by atoms with Crippen molar-refractivity contribution in [2.45, 2.75) is 10.1 Å². The minimum Gasteiger partial charge on any atom is -0.399 e. The predicted octanol–water partition coefficient (Wildman–Crippen LogP) is 3.13. The topological polar surface area (TPSA) is 99.0 Å². The standard InChI is InChI=1S/C17H16FN5OS/c1-23-6-5-21-17(23)25-15-8-12(14(20)9-13(15)18)16(24)22-11-4-2-3-10(19)7-11/h2-9H,19-20H2,1H3,(H,22,24). The molecule has 0 fully saturated rings. The van der Waals surface area contributed by atoms with Crippen molar-refractivity contribution >= 4 is 34.7 Å². The maximum atomic E-state index is 14.2. The van der Waals surface area contributed by atoms with E-state index in [2.05, 4.69) is 10.3 Å². The molecule has 8 heteroatoms. The number of halogens is 1. The number of anilines is 3. The summed E-state index contributed by atoms with van der Waals surface area (Å²) in [5, 5.41) is 3.31. The minimum atomic E-state index is -0.508. The van der Waals surface area contributed by atoms with Crippen molar-refractivity contribution < 1.29 is 9.18 Å². The monoisotopic (exact) mass is 357 g/mol. The molecule has 0 atom stereocenters. The highest BCUT2D eigenvalue weighted by molar-refractivity contribution is 7.99. The summed E-state index contributed by atoms with van der Waals surface area (Å²) >= 11 is 1.12. The molecular weight excluding hydrogens is 341 g/mol. The number of nitrogen functional groups attached to an aromatic ring is 2. The van der Waals surface area contributed by atoms with E-state index in [-0.39, 0.29) is 16.1 Å². The van der Waals surface area contributed by atoms with E-state index in [0.29, 0.717) is 16.5 Å². The first kappa shape index (κ1) is 16.8. The van der Waals surface area contributed by atoms with Crippen LogP contribution >= 0.6 is 11.8 Å². The molecule has 0 aliphatic heterocycles. The molecule has 0 unspecified atom stereocenters. The summed E-state index contributed by atoms with van der Waals surface area (Å²) in [6, 6.07) is 9.33. The van der Waals surface area contributed by atoms with Crippen LogP contribution in [0.4, 0.5) is 21.5 Å². The van der Waals surface area contributed by atoms with Crippen LogP contribution in [0, 0.1) is 5.82 Å². The molecule has 128 valence electrons. The Labute approximate surface area is 148 Å². The van der Waals surface area contributed by atoms with Gasteiger partial charge in [0.25, 0.3) is 5.91 Å². The number of hydrogen-bond donors (Lipinski definition) is 3. The molecule has 0 saturated carbocycles. The van der Waals surface area contributed by atoms with Gasteiger partial charge in [-0.15, -0.1) is 0 Å². The van der Waals surface area contributed by atoms with E-state index in [1.807, 2.05) is 0 Å². The van der Waals surface area contributed by atoms with Crippen LogP contribution < -0.4 is 16.8 Å². The van der Waals surface area contributed by atoms with Gasteiger partial charge in [-0.2, -0.15) is 0 Å². The number of carbonyl (C=O) groups is 1. The normalized spacial score (nSPS) is 10.6. The second kappa shape index (κ2) is 6.86. The predicted molar refractivity (Wildman–Crippen MR) is 97.0 cm³/mol. The largest absolute Gasteiger partial charge is 0.399 e. The number of benzene rings is 2. The number of imidazole rings is 1. The molecule has 0 aliphatic rings. The van der Waals surface area contributed by atoms with Gasteiger partial charge in [0.1, 0.15) is 5.82 Å². The number of amides is 1. The summed E-state index contributed by atoms with van der Waals surface area (Å²) in [7, 11) is 1.80. The van der Waals surface area contributed by atoms with Gasteiger partial charge in [0.15, 0.2) is 5.16 Å². The number of nitrogens with zero attached hydrogens (tertiary/aromatic N) is 2. The number of nitrogens with one attached hydrogen (secondary N) is 1. The summed E-state index contributed by atoms with van der Waals surface area (Å²) in [6.07, 6.45) is 3.37. The molecular formula is C17H16FN5OS. The minimum absolute atomic E-state index is 0.0584. The van der Waals surface area contributed by atoms with E-state index < -0.39 is 11.7 Å². The van der Waals surface area contributed by atoms with E-state index in [9.17, 15) is 9.18 Å². The fourth-order valence-corrected chi connectivity index (χ4v) is 3.06. The van der Waals surface area contributed by atoms with Crippen molar-refractivity contribution in [3.63, 3.8) is 0 Å². The third-order valence-electron chi connectivity index (χ3n) is 3.47. The number of aromatic nitrogens is 2. The van der Waals surface area contributed by atoms with Crippen LogP contribution in [0.15, 0.2) is 58.8 Å². The zero-order chi connectivity index (χ0) is 18.0. The van der Waals surface area contributed by atoms with E-state index >= 15 is 0 Å². The van der Waals surface area contributed by atoms with Crippen LogP contribution in [0.1, 0.15) is 10.4 Å². The average Bonchev–Trinajstić information content (AvgIpc) is 2.95. The van der Waals surface area contributed by atoms with Gasteiger partial charge in [-0.1, -0.05) is 6.07 Å². The number of carbonyl (C=O) groups excluding carboxylic acids is 1. The molecule has 3 aromatic rings. The van der Waals surface area contributed by atoms with Crippen LogP contribution in [0.2, 0.25) is 0 Å². The lowest BCUT2D eigenvalue weighted by Crippen LogP contribution is -2.14. The molecule has 0 spiro atoms. The number of nitrogens with two attached hydrogens (primary N) is 2. The van der Waals surface area contributed by atoms with Gasteiger partial charge in [-0.25, -0.2) is 9.37 Å². The van der Waals surface area contributed by atoms with Gasteiger partial charge in [-0.3, -0.25) is 4.79 Å². The highest BCUT2D eigenvalue weighted by Gasteiger charge is 2.16. The third-order valence-corrected chi connectivity index (χ3v) is 4.58. The summed E-state index contributed by atoms with van der Waals surface area (Å²) < 4.78 is 16.0. The lowest BCUT2D eigenvalue weighted by Gasteiger charge is -2.11. The van der Waals surface area contributed by atoms with E-state index in [1.165, 1.54) is 6.07 Å². The van der Waals surface area contributed by atoms with Crippen molar-refractivity contribution in [1.29, 1.82) is 0 Å². The van der Waals surface area contributed by atoms with Gasteiger partial charge < -0.3 is 21.4 Å². The van der Waals surface area contributed by atoms with Gasteiger partial charge in [0.05, 0.1) is 10.5 Å². The first-order valence-corrected chi connectivity index (χ1v) is 8.17. The molecule has 0 radical (unpaired) electrons. The summed E-state index contributed by atoms with van der Waals surface area (Å²) in [4.78, 5) is 16.9. The Morgan fingerprint density at radius 2 is 2.08 bits per heavy atom. The van der Waals surface area contributed by atoms with Crippen LogP contribution in [-0.4, -0.2) is 15.5 Å². The van der Waals surface area contributed by atoms with Gasteiger partial charge in [0.2, 0.25) is 0 Å². The Balaban J connectivity index is 1.89. The summed E-state index contributed by atoms with van der Waals surface area (Å²) in [5.41, 5.74) is 12.8. The second-order valence-corrected chi connectivity index (χ2v) is 6.38. The first-order chi connectivity index (χ1) is 11.9. The van der Waals surface area contributed by atoms with Crippen LogP contribution in [0.3, 0.4) is 0 Å². The van der Waals surface area contributed by atoms with E-state index in [1.54, 1.807) is 48.3 Å². The first-order valence-electron chi connectivity index (χ1n) is 7.35. The molecule has 0 bridgehead atoms. The molecule has 0 aliphatic carbocycles. The molecule has 2 aromatic carbocycles. The highest BCUT2D eigenvalue weighted by atomic mass is 32.2. The molecule has 25 heavy (non-hydrogen) atoms. The van der Waals surface area contributed by atoms with Crippen LogP contribution in [-0.2, 0) is 7.05 Å². The summed E-state index contributed by atoms with van der Waals surface area (Å²) in [6.45, 7) is 0. The number of hydrogen-bond acceptors (Lipinski definition) is 5. The lowest BCUT2D eigenvalue weighted by molar-refractivity contribution is 0.102. The number of rotatable bonds is 4. The Morgan fingerprint density at radius 3 is 2.76 bits per heavy atom. The zero-order valence-corrected chi connectivity index (χ0v) is 14.2. The van der Waals surface area contributed by atoms with Crippen molar-refractivity contribution in [3.05, 3.63) is 60.2 Å². The molecule has 1 amide bonds. The average molecular weight is 357 g/mol. The maximum absolute atomic E-state index is 14.2. The van der Waals surface area contributed by atoms with Crippen molar-refractivity contribution in [3.8, 4) is 0 Å². The second-order valence-electron chi connectivity index (χ2n) is 5.37. The zero-order valence-electron chi connectivity index (χ0n) is 13.4. The lowest BCUT2D eigenvalue weighted by atomic mass is 10.1. The summed E-state index contributed by atoms with van der Waals surface area (Å²) in [5.74, 6) is -0.948. The van der Waals surface area contributed by atoms with Crippen LogP contribution in [0.25, 0.3) is 0 Å². The Morgan fingerprint density at radius 1 is 1.28 bits per heavy atom.